The lowest BCUT2D eigenvalue weighted by atomic mass is 9.78. The SMILES string of the molecule is CCCCCCCCOc1ccc(C2CCC(=O)C(C)C2)cc1. The predicted octanol–water partition coefficient (Wildman–Crippen LogP) is 5.90. The van der Waals surface area contributed by atoms with Crippen LogP contribution in [0.15, 0.2) is 24.3 Å². The van der Waals surface area contributed by atoms with E-state index in [2.05, 4.69) is 38.1 Å². The third-order valence-corrected chi connectivity index (χ3v) is 5.05. The van der Waals surface area contributed by atoms with E-state index >= 15 is 0 Å². The Morgan fingerprint density at radius 1 is 1.04 bits per heavy atom. The zero-order valence-electron chi connectivity index (χ0n) is 14.9. The fraction of sp³-hybridized carbons (Fsp3) is 0.667. The summed E-state index contributed by atoms with van der Waals surface area (Å²) < 4.78 is 5.84. The van der Waals surface area contributed by atoms with Crippen molar-refractivity contribution in [1.82, 2.24) is 0 Å². The highest BCUT2D eigenvalue weighted by molar-refractivity contribution is 5.81. The van der Waals surface area contributed by atoms with E-state index in [9.17, 15) is 4.79 Å². The molecule has 2 nitrogen and oxygen atoms in total. The molecule has 0 saturated heterocycles. The van der Waals surface area contributed by atoms with Crippen molar-refractivity contribution in [2.24, 2.45) is 5.92 Å². The van der Waals surface area contributed by atoms with E-state index in [-0.39, 0.29) is 5.92 Å². The predicted molar refractivity (Wildman–Crippen MR) is 96.1 cm³/mol. The maximum absolute atomic E-state index is 11.6. The molecule has 1 aromatic carbocycles. The molecule has 1 aliphatic rings. The Balaban J connectivity index is 1.69. The summed E-state index contributed by atoms with van der Waals surface area (Å²) in [5, 5.41) is 0. The van der Waals surface area contributed by atoms with E-state index in [0.717, 1.165) is 38.0 Å². The van der Waals surface area contributed by atoms with Crippen LogP contribution in [0.25, 0.3) is 0 Å². The van der Waals surface area contributed by atoms with Crippen LogP contribution in [0.4, 0.5) is 0 Å². The largest absolute Gasteiger partial charge is 0.494 e. The van der Waals surface area contributed by atoms with Gasteiger partial charge in [-0.05, 0) is 42.9 Å². The number of hydrogen-bond acceptors (Lipinski definition) is 2. The molecule has 1 fully saturated rings. The van der Waals surface area contributed by atoms with Crippen LogP contribution in [0, 0.1) is 5.92 Å². The maximum atomic E-state index is 11.6. The van der Waals surface area contributed by atoms with E-state index in [4.69, 9.17) is 4.74 Å². The van der Waals surface area contributed by atoms with Crippen molar-refractivity contribution in [2.45, 2.75) is 77.6 Å². The van der Waals surface area contributed by atoms with E-state index < -0.39 is 0 Å². The first-order chi connectivity index (χ1) is 11.2. The van der Waals surface area contributed by atoms with Gasteiger partial charge in [-0.1, -0.05) is 58.1 Å². The van der Waals surface area contributed by atoms with Gasteiger partial charge in [0, 0.05) is 12.3 Å². The molecular weight excluding hydrogens is 284 g/mol. The quantitative estimate of drug-likeness (QED) is 0.530. The van der Waals surface area contributed by atoms with E-state index in [1.165, 1.54) is 37.7 Å². The van der Waals surface area contributed by atoms with Gasteiger partial charge in [-0.2, -0.15) is 0 Å². The minimum atomic E-state index is 0.220. The number of hydrogen-bond donors (Lipinski definition) is 0. The Kier molecular flexibility index (Phi) is 7.64. The summed E-state index contributed by atoms with van der Waals surface area (Å²) in [6, 6.07) is 8.55. The number of unbranched alkanes of at least 4 members (excludes halogenated alkanes) is 5. The summed E-state index contributed by atoms with van der Waals surface area (Å²) in [6.07, 6.45) is 10.5. The Bertz CT molecular complexity index is 463. The third-order valence-electron chi connectivity index (χ3n) is 5.05. The van der Waals surface area contributed by atoms with E-state index in [0.29, 0.717) is 11.7 Å². The summed E-state index contributed by atoms with van der Waals surface area (Å²) in [5.41, 5.74) is 1.36. The van der Waals surface area contributed by atoms with Crippen LogP contribution in [0.2, 0.25) is 0 Å². The molecule has 0 aromatic heterocycles. The molecular formula is C21H32O2. The second-order valence-electron chi connectivity index (χ2n) is 7.02. The van der Waals surface area contributed by atoms with Crippen molar-refractivity contribution < 1.29 is 9.53 Å². The monoisotopic (exact) mass is 316 g/mol. The summed E-state index contributed by atoms with van der Waals surface area (Å²) in [7, 11) is 0. The zero-order chi connectivity index (χ0) is 16.5. The second-order valence-corrected chi connectivity index (χ2v) is 7.02. The van der Waals surface area contributed by atoms with E-state index in [1.54, 1.807) is 0 Å². The molecule has 2 unspecified atom stereocenters. The third kappa shape index (κ3) is 6.01. The van der Waals surface area contributed by atoms with Gasteiger partial charge in [-0.25, -0.2) is 0 Å². The van der Waals surface area contributed by atoms with Crippen LogP contribution in [0.3, 0.4) is 0 Å². The van der Waals surface area contributed by atoms with Crippen molar-refractivity contribution in [2.75, 3.05) is 6.61 Å². The Hall–Kier alpha value is -1.31. The number of carbonyl (C=O) groups is 1. The van der Waals surface area contributed by atoms with Crippen LogP contribution in [-0.4, -0.2) is 12.4 Å². The fourth-order valence-corrected chi connectivity index (χ4v) is 3.45. The lowest BCUT2D eigenvalue weighted by Gasteiger charge is -2.26. The van der Waals surface area contributed by atoms with Gasteiger partial charge in [0.2, 0.25) is 0 Å². The molecule has 0 radical (unpaired) electrons. The van der Waals surface area contributed by atoms with Crippen molar-refractivity contribution in [3.05, 3.63) is 29.8 Å². The van der Waals surface area contributed by atoms with Crippen LogP contribution in [0.5, 0.6) is 5.75 Å². The van der Waals surface area contributed by atoms with Gasteiger partial charge in [0.05, 0.1) is 6.61 Å². The number of Topliss-reactive ketones (excluding diaryl/α,β-unsaturated/α-hetero) is 1. The molecule has 2 atom stereocenters. The average Bonchev–Trinajstić information content (AvgIpc) is 2.57. The van der Waals surface area contributed by atoms with Gasteiger partial charge in [0.1, 0.15) is 11.5 Å². The molecule has 0 N–H and O–H groups in total. The lowest BCUT2D eigenvalue weighted by molar-refractivity contribution is -0.124. The topological polar surface area (TPSA) is 26.3 Å². The first-order valence-electron chi connectivity index (χ1n) is 9.46. The number of carbonyl (C=O) groups excluding carboxylic acids is 1. The summed E-state index contributed by atoms with van der Waals surface area (Å²) in [6.45, 7) is 5.13. The molecule has 0 bridgehead atoms. The Labute approximate surface area is 141 Å². The smallest absolute Gasteiger partial charge is 0.135 e. The zero-order valence-corrected chi connectivity index (χ0v) is 14.9. The van der Waals surface area contributed by atoms with Gasteiger partial charge in [0.25, 0.3) is 0 Å². The van der Waals surface area contributed by atoms with Crippen molar-refractivity contribution in [3.8, 4) is 5.75 Å². The highest BCUT2D eigenvalue weighted by Gasteiger charge is 2.26. The molecule has 0 spiro atoms. The van der Waals surface area contributed by atoms with Gasteiger partial charge in [-0.15, -0.1) is 0 Å². The van der Waals surface area contributed by atoms with Crippen LogP contribution < -0.4 is 4.74 Å². The highest BCUT2D eigenvalue weighted by Crippen LogP contribution is 2.34. The van der Waals surface area contributed by atoms with Crippen molar-refractivity contribution >= 4 is 5.78 Å². The molecule has 2 rings (SSSR count). The second kappa shape index (κ2) is 9.75. The molecule has 1 saturated carbocycles. The van der Waals surface area contributed by atoms with Crippen molar-refractivity contribution in [3.63, 3.8) is 0 Å². The fourth-order valence-electron chi connectivity index (χ4n) is 3.45. The summed E-state index contributed by atoms with van der Waals surface area (Å²) in [4.78, 5) is 11.6. The summed E-state index contributed by atoms with van der Waals surface area (Å²) >= 11 is 0. The number of benzene rings is 1. The normalized spacial score (nSPS) is 21.4. The molecule has 1 aromatic rings. The lowest BCUT2D eigenvalue weighted by Crippen LogP contribution is -2.21. The Morgan fingerprint density at radius 2 is 1.74 bits per heavy atom. The number of ether oxygens (including phenoxy) is 1. The van der Waals surface area contributed by atoms with Gasteiger partial charge in [0.15, 0.2) is 0 Å². The molecule has 0 aliphatic heterocycles. The van der Waals surface area contributed by atoms with Crippen LogP contribution >= 0.6 is 0 Å². The van der Waals surface area contributed by atoms with Crippen molar-refractivity contribution in [1.29, 1.82) is 0 Å². The average molecular weight is 316 g/mol. The van der Waals surface area contributed by atoms with Crippen LogP contribution in [0.1, 0.15) is 83.1 Å². The van der Waals surface area contributed by atoms with Gasteiger partial charge >= 0.3 is 0 Å². The molecule has 0 amide bonds. The van der Waals surface area contributed by atoms with Gasteiger partial charge < -0.3 is 4.74 Å². The first kappa shape index (κ1) is 18.0. The first-order valence-corrected chi connectivity index (χ1v) is 9.46. The minimum Gasteiger partial charge on any atom is -0.494 e. The highest BCUT2D eigenvalue weighted by atomic mass is 16.5. The number of ketones is 1. The standard InChI is InChI=1S/C21H32O2/c1-3-4-5-6-7-8-15-23-20-12-9-18(10-13-20)19-11-14-21(22)17(2)16-19/h9-10,12-13,17,19H,3-8,11,14-16H2,1-2H3. The van der Waals surface area contributed by atoms with Gasteiger partial charge in [-0.3, -0.25) is 4.79 Å². The molecule has 2 heteroatoms. The molecule has 1 aliphatic carbocycles. The number of rotatable bonds is 9. The molecule has 23 heavy (non-hydrogen) atoms. The maximum Gasteiger partial charge on any atom is 0.135 e. The van der Waals surface area contributed by atoms with E-state index in [1.807, 2.05) is 0 Å². The minimum absolute atomic E-state index is 0.220. The Morgan fingerprint density at radius 3 is 2.43 bits per heavy atom. The molecule has 0 heterocycles. The molecule has 128 valence electrons. The summed E-state index contributed by atoms with van der Waals surface area (Å²) in [5.74, 6) is 2.16. The van der Waals surface area contributed by atoms with Crippen LogP contribution in [-0.2, 0) is 4.79 Å².